The van der Waals surface area contributed by atoms with Gasteiger partial charge in [0, 0.05) is 17.2 Å². The molecule has 1 N–H and O–H groups in total. The summed E-state index contributed by atoms with van der Waals surface area (Å²) < 4.78 is 0. The highest BCUT2D eigenvalue weighted by molar-refractivity contribution is 6.14. The lowest BCUT2D eigenvalue weighted by molar-refractivity contribution is 0.592. The van der Waals surface area contributed by atoms with Crippen LogP contribution < -0.4 is 0 Å². The summed E-state index contributed by atoms with van der Waals surface area (Å²) in [5.74, 6) is 0. The van der Waals surface area contributed by atoms with Crippen molar-refractivity contribution in [2.75, 3.05) is 0 Å². The predicted molar refractivity (Wildman–Crippen MR) is 209 cm³/mol. The van der Waals surface area contributed by atoms with E-state index in [4.69, 9.17) is 5.41 Å². The van der Waals surface area contributed by atoms with Crippen LogP contribution in [0.2, 0.25) is 0 Å². The van der Waals surface area contributed by atoms with Gasteiger partial charge in [-0.05, 0) is 109 Å². The van der Waals surface area contributed by atoms with Crippen LogP contribution in [0, 0.1) is 5.41 Å². The van der Waals surface area contributed by atoms with E-state index in [9.17, 15) is 0 Å². The lowest BCUT2D eigenvalue weighted by Gasteiger charge is -2.44. The van der Waals surface area contributed by atoms with Gasteiger partial charge in [0.1, 0.15) is 0 Å². The number of hydrogen-bond donors (Lipinski definition) is 1. The number of allylic oxidation sites excluding steroid dienone is 7. The smallest absolute Gasteiger partial charge is 0.0714 e. The fraction of sp³-hybridized carbons (Fsp3) is 0.146. The first-order valence-electron chi connectivity index (χ1n) is 17.5. The molecule has 0 aromatic heterocycles. The molecule has 0 amide bonds. The molecule has 3 aliphatic rings. The first-order valence-corrected chi connectivity index (χ1v) is 17.5. The van der Waals surface area contributed by atoms with Crippen LogP contribution in [-0.4, -0.2) is 6.21 Å². The molecule has 0 aliphatic heterocycles. The van der Waals surface area contributed by atoms with Crippen LogP contribution in [-0.2, 0) is 17.3 Å². The van der Waals surface area contributed by atoms with Crippen LogP contribution in [0.4, 0.5) is 0 Å². The van der Waals surface area contributed by atoms with Crippen molar-refractivity contribution in [2.24, 2.45) is 0 Å². The number of hydrogen-bond acceptors (Lipinski definition) is 1. The monoisotopic (exact) mass is 629 g/mol. The van der Waals surface area contributed by atoms with Crippen LogP contribution in [0.25, 0.3) is 44.3 Å². The molecule has 6 aromatic carbocycles. The maximum Gasteiger partial charge on any atom is 0.0714 e. The molecule has 236 valence electrons. The second-order valence-corrected chi connectivity index (χ2v) is 14.3. The molecule has 3 aliphatic carbocycles. The van der Waals surface area contributed by atoms with Crippen molar-refractivity contribution in [3.05, 3.63) is 190 Å². The Balaban J connectivity index is 1.31. The number of fused-ring (bicyclic) bond motifs is 13. The number of aryl methyl sites for hydroxylation is 1. The van der Waals surface area contributed by atoms with E-state index in [0.717, 1.165) is 18.4 Å². The second-order valence-electron chi connectivity index (χ2n) is 14.3. The van der Waals surface area contributed by atoms with E-state index in [0.29, 0.717) is 0 Å². The van der Waals surface area contributed by atoms with E-state index in [1.54, 1.807) is 6.21 Å². The van der Waals surface area contributed by atoms with Crippen LogP contribution >= 0.6 is 0 Å². The van der Waals surface area contributed by atoms with Crippen LogP contribution in [0.5, 0.6) is 0 Å². The first kappa shape index (κ1) is 29.6. The molecule has 1 nitrogen and oxygen atoms in total. The van der Waals surface area contributed by atoms with Gasteiger partial charge in [-0.1, -0.05) is 153 Å². The van der Waals surface area contributed by atoms with Gasteiger partial charge in [0.2, 0.25) is 0 Å². The zero-order valence-corrected chi connectivity index (χ0v) is 28.3. The van der Waals surface area contributed by atoms with E-state index in [1.165, 1.54) is 82.8 Å². The standard InChI is InChI=1S/C48H39N/c1-4-5-6-15-34-29-47(2,3)43-20-11-12-21-44(43)48(34)42-26-24-32(28-41(42)46-33(30-49)14-13-22-45(46)48)31-23-25-39-37-18-8-7-16-35(37)36-17-9-10-19-38(36)40(39)27-31/h4-22,24,26-30,49H,23,25H2,1-3H3/b5-4-,15-6-,49-30?. The minimum atomic E-state index is -0.477. The van der Waals surface area contributed by atoms with E-state index < -0.39 is 5.41 Å². The van der Waals surface area contributed by atoms with Crippen molar-refractivity contribution in [3.8, 4) is 11.1 Å². The van der Waals surface area contributed by atoms with Gasteiger partial charge in [-0.15, -0.1) is 0 Å². The Morgan fingerprint density at radius 1 is 0.653 bits per heavy atom. The van der Waals surface area contributed by atoms with Crippen LogP contribution in [0.15, 0.2) is 145 Å². The normalized spacial score (nSPS) is 18.8. The third-order valence-electron chi connectivity index (χ3n) is 11.3. The molecular formula is C48H39N. The summed E-state index contributed by atoms with van der Waals surface area (Å²) in [6, 6.07) is 40.6. The van der Waals surface area contributed by atoms with Gasteiger partial charge < -0.3 is 5.41 Å². The third-order valence-corrected chi connectivity index (χ3v) is 11.3. The lowest BCUT2D eigenvalue weighted by atomic mass is 9.58. The molecule has 0 radical (unpaired) electrons. The Kier molecular flexibility index (Phi) is 6.65. The Bertz CT molecular complexity index is 2500. The van der Waals surface area contributed by atoms with Crippen LogP contribution in [0.3, 0.4) is 0 Å². The molecule has 6 aromatic rings. The van der Waals surface area contributed by atoms with Gasteiger partial charge in [0.05, 0.1) is 5.41 Å². The minimum Gasteiger partial charge on any atom is -0.308 e. The largest absolute Gasteiger partial charge is 0.308 e. The average molecular weight is 630 g/mol. The molecule has 0 saturated heterocycles. The molecule has 0 saturated carbocycles. The molecule has 0 heterocycles. The highest BCUT2D eigenvalue weighted by Gasteiger charge is 2.51. The Hall–Kier alpha value is -5.53. The van der Waals surface area contributed by atoms with Gasteiger partial charge in [0.15, 0.2) is 0 Å². The SMILES string of the molecule is C/C=C\C=C/C1=CC(C)(C)c2ccccc2C12c1ccc(C3=Cc4c(c5ccccc5c5ccccc45)CC3)cc1-c1c(C=N)cccc12. The molecular weight excluding hydrogens is 591 g/mol. The van der Waals surface area contributed by atoms with Gasteiger partial charge in [-0.3, -0.25) is 0 Å². The molecule has 0 fully saturated rings. The lowest BCUT2D eigenvalue weighted by Crippen LogP contribution is -2.37. The Labute approximate surface area is 289 Å². The summed E-state index contributed by atoms with van der Waals surface area (Å²) in [5, 5.41) is 13.9. The molecule has 0 bridgehead atoms. The van der Waals surface area contributed by atoms with Crippen molar-refractivity contribution < 1.29 is 0 Å². The molecule has 1 spiro atoms. The Morgan fingerprint density at radius 3 is 2.12 bits per heavy atom. The van der Waals surface area contributed by atoms with Gasteiger partial charge in [-0.25, -0.2) is 0 Å². The predicted octanol–water partition coefficient (Wildman–Crippen LogP) is 12.1. The quantitative estimate of drug-likeness (QED) is 0.114. The topological polar surface area (TPSA) is 23.9 Å². The Morgan fingerprint density at radius 2 is 1.35 bits per heavy atom. The van der Waals surface area contributed by atoms with Crippen molar-refractivity contribution >= 4 is 39.4 Å². The fourth-order valence-corrected chi connectivity index (χ4v) is 9.28. The minimum absolute atomic E-state index is 0.132. The highest BCUT2D eigenvalue weighted by atomic mass is 14.5. The summed E-state index contributed by atoms with van der Waals surface area (Å²) in [5.41, 5.74) is 14.8. The van der Waals surface area contributed by atoms with E-state index in [-0.39, 0.29) is 5.41 Å². The third kappa shape index (κ3) is 4.15. The number of nitrogens with one attached hydrogen (secondary N) is 1. The maximum absolute atomic E-state index is 8.55. The maximum atomic E-state index is 8.55. The first-order chi connectivity index (χ1) is 24.0. The zero-order chi connectivity index (χ0) is 33.3. The fourth-order valence-electron chi connectivity index (χ4n) is 9.28. The van der Waals surface area contributed by atoms with Crippen LogP contribution in [0.1, 0.15) is 71.7 Å². The van der Waals surface area contributed by atoms with Gasteiger partial charge >= 0.3 is 0 Å². The second kappa shape index (κ2) is 11.0. The van der Waals surface area contributed by atoms with Crippen molar-refractivity contribution in [3.63, 3.8) is 0 Å². The molecule has 1 unspecified atom stereocenters. The molecule has 49 heavy (non-hydrogen) atoms. The van der Waals surface area contributed by atoms with Gasteiger partial charge in [-0.2, -0.15) is 0 Å². The van der Waals surface area contributed by atoms with Gasteiger partial charge in [0.25, 0.3) is 0 Å². The van der Waals surface area contributed by atoms with Crippen molar-refractivity contribution in [1.82, 2.24) is 0 Å². The number of benzene rings is 6. The average Bonchev–Trinajstić information content (AvgIpc) is 3.44. The summed E-state index contributed by atoms with van der Waals surface area (Å²) in [7, 11) is 0. The molecule has 1 atom stereocenters. The summed E-state index contributed by atoms with van der Waals surface area (Å²) in [4.78, 5) is 0. The molecule has 9 rings (SSSR count). The zero-order valence-electron chi connectivity index (χ0n) is 28.3. The number of rotatable bonds is 4. The van der Waals surface area contributed by atoms with E-state index >= 15 is 0 Å². The summed E-state index contributed by atoms with van der Waals surface area (Å²) in [6.07, 6.45) is 17.2. The summed E-state index contributed by atoms with van der Waals surface area (Å²) in [6.45, 7) is 6.73. The van der Waals surface area contributed by atoms with Crippen molar-refractivity contribution in [2.45, 2.75) is 44.4 Å². The highest BCUT2D eigenvalue weighted by Crippen LogP contribution is 2.61. The van der Waals surface area contributed by atoms with Crippen molar-refractivity contribution in [1.29, 1.82) is 5.41 Å². The summed E-state index contributed by atoms with van der Waals surface area (Å²) >= 11 is 0. The van der Waals surface area contributed by atoms with E-state index in [1.807, 2.05) is 0 Å². The molecule has 1 heteroatoms. The van der Waals surface area contributed by atoms with E-state index in [2.05, 4.69) is 166 Å².